The van der Waals surface area contributed by atoms with E-state index >= 15 is 0 Å². The fraction of sp³-hybridized carbons (Fsp3) is 0.0588. The summed E-state index contributed by atoms with van der Waals surface area (Å²) >= 11 is 0. The van der Waals surface area contributed by atoms with E-state index in [2.05, 4.69) is 0 Å². The molecule has 0 atom stereocenters. The Morgan fingerprint density at radius 2 is 1.50 bits per heavy atom. The zero-order valence-electron chi connectivity index (χ0n) is 12.0. The highest BCUT2D eigenvalue weighted by Gasteiger charge is 2.18. The highest BCUT2D eigenvalue weighted by Crippen LogP contribution is 2.31. The molecule has 0 radical (unpaired) electrons. The Morgan fingerprint density at radius 3 is 2.18 bits per heavy atom. The van der Waals surface area contributed by atoms with E-state index in [-0.39, 0.29) is 10.6 Å². The second-order valence-corrected chi connectivity index (χ2v) is 6.60. The molecule has 3 aromatic rings. The maximum atomic E-state index is 12.4. The van der Waals surface area contributed by atoms with Crippen LogP contribution in [0.15, 0.2) is 65.6 Å². The minimum absolute atomic E-state index is 0.124. The van der Waals surface area contributed by atoms with Crippen LogP contribution in [0, 0.1) is 6.92 Å². The second-order valence-electron chi connectivity index (χ2n) is 5.05. The summed E-state index contributed by atoms with van der Waals surface area (Å²) in [6.07, 6.45) is 0. The van der Waals surface area contributed by atoms with E-state index in [0.717, 1.165) is 10.9 Å². The van der Waals surface area contributed by atoms with Gasteiger partial charge in [0.15, 0.2) is 5.75 Å². The van der Waals surface area contributed by atoms with E-state index in [1.54, 1.807) is 30.3 Å². The van der Waals surface area contributed by atoms with Crippen molar-refractivity contribution in [2.45, 2.75) is 11.8 Å². The van der Waals surface area contributed by atoms with Crippen molar-refractivity contribution in [2.75, 3.05) is 5.73 Å². The first kappa shape index (κ1) is 14.4. The Bertz CT molecular complexity index is 932. The maximum Gasteiger partial charge on any atom is 0.339 e. The smallest absolute Gasteiger partial charge is 0.339 e. The van der Waals surface area contributed by atoms with Crippen molar-refractivity contribution in [3.63, 3.8) is 0 Å². The number of nitrogens with two attached hydrogens (primary N) is 1. The highest BCUT2D eigenvalue weighted by atomic mass is 32.2. The lowest BCUT2D eigenvalue weighted by Crippen LogP contribution is -2.10. The Morgan fingerprint density at radius 1 is 0.864 bits per heavy atom. The number of aryl methyl sites for hydroxylation is 1. The van der Waals surface area contributed by atoms with Gasteiger partial charge in [0, 0.05) is 16.5 Å². The van der Waals surface area contributed by atoms with Gasteiger partial charge in [-0.15, -0.1) is 0 Å². The molecular formula is C17H15NO3S. The third-order valence-corrected chi connectivity index (χ3v) is 4.68. The molecule has 0 amide bonds. The summed E-state index contributed by atoms with van der Waals surface area (Å²) < 4.78 is 30.1. The first-order valence-corrected chi connectivity index (χ1v) is 8.16. The summed E-state index contributed by atoms with van der Waals surface area (Å²) in [5, 5.41) is 1.43. The van der Waals surface area contributed by atoms with Gasteiger partial charge >= 0.3 is 10.1 Å². The molecule has 2 N–H and O–H groups in total. The predicted molar refractivity (Wildman–Crippen MR) is 87.4 cm³/mol. The summed E-state index contributed by atoms with van der Waals surface area (Å²) in [5.41, 5.74) is 7.47. The van der Waals surface area contributed by atoms with Crippen LogP contribution >= 0.6 is 0 Å². The zero-order chi connectivity index (χ0) is 15.7. The van der Waals surface area contributed by atoms with Crippen LogP contribution in [-0.2, 0) is 10.1 Å². The summed E-state index contributed by atoms with van der Waals surface area (Å²) in [5.74, 6) is 0.269. The van der Waals surface area contributed by atoms with Crippen molar-refractivity contribution in [1.29, 1.82) is 0 Å². The number of benzene rings is 3. The second kappa shape index (κ2) is 5.35. The van der Waals surface area contributed by atoms with E-state index in [1.165, 1.54) is 12.1 Å². The van der Waals surface area contributed by atoms with Gasteiger partial charge in [-0.2, -0.15) is 8.42 Å². The molecule has 0 saturated carbocycles. The van der Waals surface area contributed by atoms with Crippen LogP contribution in [-0.4, -0.2) is 8.42 Å². The van der Waals surface area contributed by atoms with Gasteiger partial charge in [-0.1, -0.05) is 42.0 Å². The Kier molecular flexibility index (Phi) is 3.50. The molecule has 3 aromatic carbocycles. The van der Waals surface area contributed by atoms with Crippen molar-refractivity contribution in [1.82, 2.24) is 0 Å². The Balaban J connectivity index is 2.06. The molecule has 0 spiro atoms. The summed E-state index contributed by atoms with van der Waals surface area (Å²) in [7, 11) is -3.88. The van der Waals surface area contributed by atoms with Gasteiger partial charge in [0.1, 0.15) is 4.90 Å². The van der Waals surface area contributed by atoms with Crippen LogP contribution in [0.1, 0.15) is 5.56 Å². The maximum absolute atomic E-state index is 12.4. The first-order chi connectivity index (χ1) is 10.5. The van der Waals surface area contributed by atoms with Gasteiger partial charge < -0.3 is 9.92 Å². The summed E-state index contributed by atoms with van der Waals surface area (Å²) in [4.78, 5) is 0.124. The molecule has 0 aromatic heterocycles. The number of anilines is 1. The van der Waals surface area contributed by atoms with Crippen LogP contribution in [0.5, 0.6) is 5.75 Å². The van der Waals surface area contributed by atoms with Gasteiger partial charge in [-0.05, 0) is 31.2 Å². The molecular weight excluding hydrogens is 298 g/mol. The first-order valence-electron chi connectivity index (χ1n) is 6.76. The van der Waals surface area contributed by atoms with E-state index in [0.29, 0.717) is 11.1 Å². The minimum atomic E-state index is -3.88. The standard InChI is InChI=1S/C17H15NO3S/c1-12-6-8-13(9-7-12)22(19,20)21-17-11-10-16(18)14-4-2-3-5-15(14)17/h2-11H,18H2,1H3. The molecule has 5 heteroatoms. The van der Waals surface area contributed by atoms with Crippen LogP contribution in [0.25, 0.3) is 10.8 Å². The molecule has 4 nitrogen and oxygen atoms in total. The lowest BCUT2D eigenvalue weighted by Gasteiger charge is -2.11. The van der Waals surface area contributed by atoms with Gasteiger partial charge in [0.25, 0.3) is 0 Å². The fourth-order valence-corrected chi connectivity index (χ4v) is 3.19. The number of nitrogen functional groups attached to an aromatic ring is 1. The molecule has 0 aliphatic rings. The van der Waals surface area contributed by atoms with E-state index in [4.69, 9.17) is 9.92 Å². The third kappa shape index (κ3) is 2.63. The average molecular weight is 313 g/mol. The summed E-state index contributed by atoms with van der Waals surface area (Å²) in [6, 6.07) is 17.0. The molecule has 22 heavy (non-hydrogen) atoms. The molecule has 0 fully saturated rings. The number of hydrogen-bond acceptors (Lipinski definition) is 4. The van der Waals surface area contributed by atoms with Crippen LogP contribution in [0.2, 0.25) is 0 Å². The van der Waals surface area contributed by atoms with Crippen LogP contribution in [0.4, 0.5) is 5.69 Å². The lowest BCUT2D eigenvalue weighted by atomic mass is 10.1. The van der Waals surface area contributed by atoms with Gasteiger partial charge in [0.2, 0.25) is 0 Å². The van der Waals surface area contributed by atoms with Crippen molar-refractivity contribution in [3.8, 4) is 5.75 Å². The molecule has 0 unspecified atom stereocenters. The Hall–Kier alpha value is -2.53. The molecule has 0 heterocycles. The topological polar surface area (TPSA) is 69.4 Å². The molecule has 112 valence electrons. The zero-order valence-corrected chi connectivity index (χ0v) is 12.8. The van der Waals surface area contributed by atoms with Gasteiger partial charge in [0.05, 0.1) is 0 Å². The van der Waals surface area contributed by atoms with Crippen LogP contribution in [0.3, 0.4) is 0 Å². The molecule has 0 aliphatic heterocycles. The normalized spacial score (nSPS) is 11.5. The predicted octanol–water partition coefficient (Wildman–Crippen LogP) is 3.50. The minimum Gasteiger partial charge on any atom is -0.398 e. The van der Waals surface area contributed by atoms with Crippen LogP contribution < -0.4 is 9.92 Å². The largest absolute Gasteiger partial charge is 0.398 e. The van der Waals surface area contributed by atoms with Gasteiger partial charge in [-0.25, -0.2) is 0 Å². The third-order valence-electron chi connectivity index (χ3n) is 3.43. The SMILES string of the molecule is Cc1ccc(S(=O)(=O)Oc2ccc(N)c3ccccc23)cc1. The fourth-order valence-electron chi connectivity index (χ4n) is 2.24. The monoisotopic (exact) mass is 313 g/mol. The number of hydrogen-bond donors (Lipinski definition) is 1. The van der Waals surface area contributed by atoms with E-state index in [9.17, 15) is 8.42 Å². The Labute approximate surface area is 129 Å². The lowest BCUT2D eigenvalue weighted by molar-refractivity contribution is 0.489. The van der Waals surface area contributed by atoms with E-state index < -0.39 is 10.1 Å². The molecule has 3 rings (SSSR count). The van der Waals surface area contributed by atoms with Crippen molar-refractivity contribution >= 4 is 26.6 Å². The van der Waals surface area contributed by atoms with E-state index in [1.807, 2.05) is 25.1 Å². The van der Waals surface area contributed by atoms with Crippen molar-refractivity contribution < 1.29 is 12.6 Å². The molecule has 0 bridgehead atoms. The quantitative estimate of drug-likeness (QED) is 0.593. The highest BCUT2D eigenvalue weighted by molar-refractivity contribution is 7.87. The average Bonchev–Trinajstić information content (AvgIpc) is 2.51. The molecule has 0 saturated heterocycles. The molecule has 0 aliphatic carbocycles. The van der Waals surface area contributed by atoms with Crippen molar-refractivity contribution in [3.05, 3.63) is 66.2 Å². The summed E-state index contributed by atoms with van der Waals surface area (Å²) in [6.45, 7) is 1.89. The number of rotatable bonds is 3. The van der Waals surface area contributed by atoms with Gasteiger partial charge in [-0.3, -0.25) is 0 Å². The van der Waals surface area contributed by atoms with Crippen molar-refractivity contribution in [2.24, 2.45) is 0 Å². The number of fused-ring (bicyclic) bond motifs is 1.